The van der Waals surface area contributed by atoms with Crippen LogP contribution < -0.4 is 10.2 Å². The van der Waals surface area contributed by atoms with Crippen molar-refractivity contribution in [1.29, 1.82) is 0 Å². The van der Waals surface area contributed by atoms with Crippen molar-refractivity contribution in [3.05, 3.63) is 34.9 Å². The van der Waals surface area contributed by atoms with Crippen LogP contribution in [0.2, 0.25) is 5.02 Å². The van der Waals surface area contributed by atoms with Crippen LogP contribution in [0.1, 0.15) is 18.9 Å². The molecular weight excluding hydrogens is 292 g/mol. The van der Waals surface area contributed by atoms with Gasteiger partial charge in [0.25, 0.3) is 0 Å². The SMILES string of the molecule is CCCNC(=O)CN(C)c1ccc(Cl)cc1/C=C/C(=O)O. The minimum Gasteiger partial charge on any atom is -0.478 e. The van der Waals surface area contributed by atoms with Gasteiger partial charge in [0.2, 0.25) is 5.91 Å². The molecule has 6 heteroatoms. The number of rotatable bonds is 7. The first-order chi connectivity index (χ1) is 9.93. The number of nitrogens with one attached hydrogen (secondary N) is 1. The van der Waals surface area contributed by atoms with E-state index >= 15 is 0 Å². The van der Waals surface area contributed by atoms with Crippen molar-refractivity contribution in [1.82, 2.24) is 5.32 Å². The zero-order valence-electron chi connectivity index (χ0n) is 12.1. The van der Waals surface area contributed by atoms with E-state index in [1.54, 1.807) is 30.1 Å². The third-order valence-corrected chi connectivity index (χ3v) is 2.99. The molecule has 1 amide bonds. The summed E-state index contributed by atoms with van der Waals surface area (Å²) in [6, 6.07) is 5.13. The summed E-state index contributed by atoms with van der Waals surface area (Å²) in [6.07, 6.45) is 3.38. The van der Waals surface area contributed by atoms with E-state index in [0.717, 1.165) is 18.2 Å². The summed E-state index contributed by atoms with van der Waals surface area (Å²) >= 11 is 5.93. The third-order valence-electron chi connectivity index (χ3n) is 2.76. The maximum Gasteiger partial charge on any atom is 0.328 e. The fourth-order valence-electron chi connectivity index (χ4n) is 1.79. The number of benzene rings is 1. The van der Waals surface area contributed by atoms with Gasteiger partial charge in [0.15, 0.2) is 0 Å². The second-order valence-corrected chi connectivity index (χ2v) is 5.02. The Bertz CT molecular complexity index is 544. The van der Waals surface area contributed by atoms with Gasteiger partial charge in [0.05, 0.1) is 6.54 Å². The minimum atomic E-state index is -1.04. The average molecular weight is 311 g/mol. The van der Waals surface area contributed by atoms with Crippen molar-refractivity contribution in [3.63, 3.8) is 0 Å². The molecule has 0 unspecified atom stereocenters. The number of aliphatic carboxylic acids is 1. The highest BCUT2D eigenvalue weighted by Crippen LogP contribution is 2.24. The Labute approximate surface area is 129 Å². The predicted octanol–water partition coefficient (Wildman–Crippen LogP) is 2.40. The summed E-state index contributed by atoms with van der Waals surface area (Å²) in [5.74, 6) is -1.12. The number of carboxylic acid groups (broad SMARTS) is 1. The molecule has 0 heterocycles. The lowest BCUT2D eigenvalue weighted by Crippen LogP contribution is -2.35. The Morgan fingerprint density at radius 1 is 1.43 bits per heavy atom. The van der Waals surface area contributed by atoms with E-state index in [9.17, 15) is 9.59 Å². The van der Waals surface area contributed by atoms with Gasteiger partial charge in [-0.15, -0.1) is 0 Å². The second kappa shape index (κ2) is 8.32. The number of nitrogens with zero attached hydrogens (tertiary/aromatic N) is 1. The number of hydrogen-bond acceptors (Lipinski definition) is 3. The highest BCUT2D eigenvalue weighted by Gasteiger charge is 2.10. The third kappa shape index (κ3) is 5.87. The quantitative estimate of drug-likeness (QED) is 0.759. The maximum atomic E-state index is 11.7. The number of hydrogen-bond donors (Lipinski definition) is 2. The Balaban J connectivity index is 2.90. The van der Waals surface area contributed by atoms with E-state index in [1.165, 1.54) is 6.08 Å². The average Bonchev–Trinajstić information content (AvgIpc) is 2.42. The number of carbonyl (C=O) groups excluding carboxylic acids is 1. The van der Waals surface area contributed by atoms with E-state index in [-0.39, 0.29) is 12.5 Å². The summed E-state index contributed by atoms with van der Waals surface area (Å²) in [6.45, 7) is 2.81. The summed E-state index contributed by atoms with van der Waals surface area (Å²) in [7, 11) is 1.77. The van der Waals surface area contributed by atoms with Crippen molar-refractivity contribution in [2.24, 2.45) is 0 Å². The number of carboxylic acids is 1. The molecule has 0 saturated carbocycles. The maximum absolute atomic E-state index is 11.7. The molecule has 0 aliphatic carbocycles. The summed E-state index contributed by atoms with van der Waals surface area (Å²) in [5, 5.41) is 12.0. The van der Waals surface area contributed by atoms with Crippen LogP contribution in [0.25, 0.3) is 6.08 Å². The minimum absolute atomic E-state index is 0.0811. The van der Waals surface area contributed by atoms with Crippen LogP contribution in [0, 0.1) is 0 Å². The number of carbonyl (C=O) groups is 2. The van der Waals surface area contributed by atoms with Gasteiger partial charge in [-0.05, 0) is 36.3 Å². The number of likely N-dealkylation sites (N-methyl/N-ethyl adjacent to an activating group) is 1. The van der Waals surface area contributed by atoms with Crippen molar-refractivity contribution in [2.75, 3.05) is 25.0 Å². The first-order valence-corrected chi connectivity index (χ1v) is 7.00. The second-order valence-electron chi connectivity index (χ2n) is 4.58. The Kier molecular flexibility index (Phi) is 6.75. The van der Waals surface area contributed by atoms with E-state index in [0.29, 0.717) is 17.1 Å². The van der Waals surface area contributed by atoms with Crippen LogP contribution in [-0.2, 0) is 9.59 Å². The van der Waals surface area contributed by atoms with Gasteiger partial charge in [0, 0.05) is 30.4 Å². The lowest BCUT2D eigenvalue weighted by Gasteiger charge is -2.21. The molecular formula is C15H19ClN2O3. The van der Waals surface area contributed by atoms with E-state index in [2.05, 4.69) is 5.32 Å². The Morgan fingerprint density at radius 3 is 2.76 bits per heavy atom. The monoisotopic (exact) mass is 310 g/mol. The van der Waals surface area contributed by atoms with Gasteiger partial charge >= 0.3 is 5.97 Å². The fraction of sp³-hybridized carbons (Fsp3) is 0.333. The van der Waals surface area contributed by atoms with Crippen LogP contribution >= 0.6 is 11.6 Å². The molecule has 1 aromatic carbocycles. The Hall–Kier alpha value is -2.01. The van der Waals surface area contributed by atoms with E-state index < -0.39 is 5.97 Å². The molecule has 2 N–H and O–H groups in total. The molecule has 0 aliphatic rings. The van der Waals surface area contributed by atoms with E-state index in [4.69, 9.17) is 16.7 Å². The van der Waals surface area contributed by atoms with Crippen LogP contribution in [0.5, 0.6) is 0 Å². The highest BCUT2D eigenvalue weighted by molar-refractivity contribution is 6.30. The summed E-state index contributed by atoms with van der Waals surface area (Å²) < 4.78 is 0. The van der Waals surface area contributed by atoms with E-state index in [1.807, 2.05) is 6.92 Å². The van der Waals surface area contributed by atoms with Gasteiger partial charge in [-0.1, -0.05) is 18.5 Å². The molecule has 0 saturated heterocycles. The van der Waals surface area contributed by atoms with Crippen LogP contribution in [0.4, 0.5) is 5.69 Å². The van der Waals surface area contributed by atoms with Gasteiger partial charge in [-0.25, -0.2) is 4.79 Å². The van der Waals surface area contributed by atoms with Crippen molar-refractivity contribution in [2.45, 2.75) is 13.3 Å². The van der Waals surface area contributed by atoms with Crippen LogP contribution in [-0.4, -0.2) is 37.1 Å². The fourth-order valence-corrected chi connectivity index (χ4v) is 1.97. The van der Waals surface area contributed by atoms with Gasteiger partial charge in [-0.3, -0.25) is 4.79 Å². The number of halogens is 1. The molecule has 0 fully saturated rings. The first-order valence-electron chi connectivity index (χ1n) is 6.62. The molecule has 5 nitrogen and oxygen atoms in total. The van der Waals surface area contributed by atoms with Crippen LogP contribution in [0.15, 0.2) is 24.3 Å². The first kappa shape index (κ1) is 17.0. The molecule has 0 atom stereocenters. The van der Waals surface area contributed by atoms with Crippen molar-refractivity contribution >= 4 is 35.2 Å². The van der Waals surface area contributed by atoms with Crippen molar-refractivity contribution in [3.8, 4) is 0 Å². The smallest absolute Gasteiger partial charge is 0.328 e. The zero-order chi connectivity index (χ0) is 15.8. The molecule has 0 bridgehead atoms. The lowest BCUT2D eigenvalue weighted by molar-refractivity contribution is -0.131. The molecule has 0 aliphatic heterocycles. The van der Waals surface area contributed by atoms with Crippen LogP contribution in [0.3, 0.4) is 0 Å². The lowest BCUT2D eigenvalue weighted by atomic mass is 10.1. The predicted molar refractivity (Wildman–Crippen MR) is 84.7 cm³/mol. The molecule has 0 radical (unpaired) electrons. The largest absolute Gasteiger partial charge is 0.478 e. The summed E-state index contributed by atoms with van der Waals surface area (Å²) in [4.78, 5) is 24.1. The molecule has 0 aromatic heterocycles. The molecule has 21 heavy (non-hydrogen) atoms. The molecule has 114 valence electrons. The Morgan fingerprint density at radius 2 is 2.14 bits per heavy atom. The number of amides is 1. The van der Waals surface area contributed by atoms with Crippen molar-refractivity contribution < 1.29 is 14.7 Å². The topological polar surface area (TPSA) is 69.6 Å². The van der Waals surface area contributed by atoms with Gasteiger partial charge < -0.3 is 15.3 Å². The summed E-state index contributed by atoms with van der Waals surface area (Å²) in [5.41, 5.74) is 1.39. The standard InChI is InChI=1S/C15H19ClN2O3/c1-3-8-17-14(19)10-18(2)13-6-5-12(16)9-11(13)4-7-15(20)21/h4-7,9H,3,8,10H2,1-2H3,(H,17,19)(H,20,21)/b7-4+. The highest BCUT2D eigenvalue weighted by atomic mass is 35.5. The zero-order valence-corrected chi connectivity index (χ0v) is 12.9. The molecule has 1 aromatic rings. The molecule has 0 spiro atoms. The van der Waals surface area contributed by atoms with Gasteiger partial charge in [0.1, 0.15) is 0 Å². The number of anilines is 1. The normalized spacial score (nSPS) is 10.6. The molecule has 1 rings (SSSR count). The van der Waals surface area contributed by atoms with Gasteiger partial charge in [-0.2, -0.15) is 0 Å².